The molecule has 0 aromatic heterocycles. The Morgan fingerprint density at radius 3 is 2.96 bits per heavy atom. The van der Waals surface area contributed by atoms with E-state index in [0.717, 1.165) is 16.7 Å². The molecule has 120 valence electrons. The van der Waals surface area contributed by atoms with Crippen LogP contribution in [0.2, 0.25) is 0 Å². The van der Waals surface area contributed by atoms with E-state index in [-0.39, 0.29) is 17.9 Å². The number of terminal acetylenes is 1. The zero-order chi connectivity index (χ0) is 16.8. The van der Waals surface area contributed by atoms with Gasteiger partial charge in [0.15, 0.2) is 0 Å². The number of nitrogens with one attached hydrogen (secondary N) is 1. The summed E-state index contributed by atoms with van der Waals surface area (Å²) in [5.41, 5.74) is 4.08. The topological polar surface area (TPSA) is 64.6 Å². The molecule has 0 unspecified atom stereocenters. The Balaban J connectivity index is 1.59. The molecule has 4 rings (SSSR count). The van der Waals surface area contributed by atoms with Gasteiger partial charge in [0, 0.05) is 23.1 Å². The third kappa shape index (κ3) is 2.11. The summed E-state index contributed by atoms with van der Waals surface area (Å²) in [6.07, 6.45) is 8.48. The highest BCUT2D eigenvalue weighted by Crippen LogP contribution is 2.45. The summed E-state index contributed by atoms with van der Waals surface area (Å²) in [4.78, 5) is 23.6. The Labute approximate surface area is 139 Å². The van der Waals surface area contributed by atoms with Crippen molar-refractivity contribution in [1.82, 2.24) is 5.32 Å². The second-order valence-electron chi connectivity index (χ2n) is 6.11. The van der Waals surface area contributed by atoms with Crippen LogP contribution in [-0.2, 0) is 25.5 Å². The number of ether oxygens (including phenoxy) is 2. The van der Waals surface area contributed by atoms with E-state index >= 15 is 0 Å². The summed E-state index contributed by atoms with van der Waals surface area (Å²) in [6, 6.07) is 5.73. The van der Waals surface area contributed by atoms with Crippen LogP contribution in [-0.4, -0.2) is 18.2 Å². The molecule has 0 bridgehead atoms. The first-order valence-corrected chi connectivity index (χ1v) is 7.72. The molecule has 1 aromatic rings. The van der Waals surface area contributed by atoms with Crippen LogP contribution in [0.25, 0.3) is 0 Å². The number of benzene rings is 1. The lowest BCUT2D eigenvalue weighted by molar-refractivity contribution is -0.152. The molecule has 3 atom stereocenters. The SMILES string of the molecule is C#Cc1cccc2c1C[C@@H]1/C(=C\O[C@@H]3C=C(C)C(=O)O3)C(=O)N[C@H]21. The first-order chi connectivity index (χ1) is 11.6. The van der Waals surface area contributed by atoms with Crippen molar-refractivity contribution < 1.29 is 19.1 Å². The van der Waals surface area contributed by atoms with Crippen LogP contribution in [0.3, 0.4) is 0 Å². The van der Waals surface area contributed by atoms with Crippen LogP contribution in [0, 0.1) is 18.3 Å². The maximum Gasteiger partial charge on any atom is 0.336 e. The molecule has 5 nitrogen and oxygen atoms in total. The molecule has 1 N–H and O–H groups in total. The van der Waals surface area contributed by atoms with Gasteiger partial charge in [-0.3, -0.25) is 4.79 Å². The maximum atomic E-state index is 12.3. The Bertz CT molecular complexity index is 859. The number of cyclic esters (lactones) is 1. The monoisotopic (exact) mass is 321 g/mol. The second kappa shape index (κ2) is 5.27. The predicted molar refractivity (Wildman–Crippen MR) is 85.3 cm³/mol. The third-order valence-electron chi connectivity index (χ3n) is 4.74. The van der Waals surface area contributed by atoms with Gasteiger partial charge in [0.2, 0.25) is 0 Å². The van der Waals surface area contributed by atoms with Crippen LogP contribution >= 0.6 is 0 Å². The minimum Gasteiger partial charge on any atom is -0.458 e. The van der Waals surface area contributed by atoms with Crippen LogP contribution in [0.15, 0.2) is 41.7 Å². The molecule has 0 spiro atoms. The number of carbonyl (C=O) groups excluding carboxylic acids is 2. The van der Waals surface area contributed by atoms with Gasteiger partial charge in [-0.2, -0.15) is 0 Å². The molecule has 1 aliphatic carbocycles. The van der Waals surface area contributed by atoms with E-state index in [2.05, 4.69) is 11.2 Å². The van der Waals surface area contributed by atoms with Gasteiger partial charge in [0.1, 0.15) is 0 Å². The summed E-state index contributed by atoms with van der Waals surface area (Å²) >= 11 is 0. The van der Waals surface area contributed by atoms with Gasteiger partial charge >= 0.3 is 5.97 Å². The smallest absolute Gasteiger partial charge is 0.336 e. The van der Waals surface area contributed by atoms with Crippen LogP contribution < -0.4 is 5.32 Å². The normalized spacial score (nSPS) is 28.8. The Hall–Kier alpha value is -3.00. The van der Waals surface area contributed by atoms with Gasteiger partial charge < -0.3 is 14.8 Å². The molecule has 5 heteroatoms. The largest absolute Gasteiger partial charge is 0.458 e. The van der Waals surface area contributed by atoms with Crippen molar-refractivity contribution in [3.63, 3.8) is 0 Å². The van der Waals surface area contributed by atoms with Crippen LogP contribution in [0.5, 0.6) is 0 Å². The van der Waals surface area contributed by atoms with Gasteiger partial charge in [0.05, 0.1) is 17.9 Å². The highest BCUT2D eigenvalue weighted by atomic mass is 16.7. The molecule has 3 aliphatic rings. The number of fused-ring (bicyclic) bond motifs is 3. The van der Waals surface area contributed by atoms with Gasteiger partial charge in [-0.1, -0.05) is 18.1 Å². The molecule has 1 saturated heterocycles. The fourth-order valence-electron chi connectivity index (χ4n) is 3.53. The number of hydrogen-bond acceptors (Lipinski definition) is 4. The van der Waals surface area contributed by atoms with Crippen LogP contribution in [0.4, 0.5) is 0 Å². The lowest BCUT2D eigenvalue weighted by Crippen LogP contribution is -2.19. The van der Waals surface area contributed by atoms with Crippen molar-refractivity contribution in [2.24, 2.45) is 5.92 Å². The number of hydrogen-bond donors (Lipinski definition) is 1. The highest BCUT2D eigenvalue weighted by molar-refractivity contribution is 5.97. The summed E-state index contributed by atoms with van der Waals surface area (Å²) in [7, 11) is 0. The number of amides is 1. The molecule has 2 aliphatic heterocycles. The first-order valence-electron chi connectivity index (χ1n) is 7.72. The first kappa shape index (κ1) is 14.6. The lowest BCUT2D eigenvalue weighted by atomic mass is 9.97. The van der Waals surface area contributed by atoms with Gasteiger partial charge in [0.25, 0.3) is 12.2 Å². The predicted octanol–water partition coefficient (Wildman–Crippen LogP) is 1.74. The average molecular weight is 321 g/mol. The molecule has 24 heavy (non-hydrogen) atoms. The molecule has 2 heterocycles. The van der Waals surface area contributed by atoms with E-state index < -0.39 is 12.3 Å². The Kier molecular flexibility index (Phi) is 3.20. The van der Waals surface area contributed by atoms with E-state index in [4.69, 9.17) is 15.9 Å². The fraction of sp³-hybridized carbons (Fsp3) is 0.263. The Morgan fingerprint density at radius 2 is 2.25 bits per heavy atom. The second-order valence-corrected chi connectivity index (χ2v) is 6.11. The van der Waals surface area contributed by atoms with E-state index in [1.807, 2.05) is 18.2 Å². The summed E-state index contributed by atoms with van der Waals surface area (Å²) in [5.74, 6) is 2.11. The third-order valence-corrected chi connectivity index (χ3v) is 4.74. The maximum absolute atomic E-state index is 12.3. The standard InChI is InChI=1S/C19H15NO4/c1-3-11-5-4-6-12-13(11)8-14-15(18(21)20-17(12)14)9-23-16-7-10(2)19(22)24-16/h1,4-7,9,14,16-17H,8H2,2H3,(H,20,21)/b15-9+/t14-,16+,17-/m1/s1. The number of rotatable bonds is 2. The van der Waals surface area contributed by atoms with Crippen molar-refractivity contribution in [3.8, 4) is 12.3 Å². The average Bonchev–Trinajstić information content (AvgIpc) is 3.18. The zero-order valence-corrected chi connectivity index (χ0v) is 13.0. The fourth-order valence-corrected chi connectivity index (χ4v) is 3.53. The molecule has 0 saturated carbocycles. The van der Waals surface area contributed by atoms with Gasteiger partial charge in [-0.25, -0.2) is 4.79 Å². The van der Waals surface area contributed by atoms with Crippen molar-refractivity contribution in [2.45, 2.75) is 25.7 Å². The summed E-state index contributed by atoms with van der Waals surface area (Å²) in [6.45, 7) is 1.66. The van der Waals surface area contributed by atoms with E-state index in [9.17, 15) is 9.59 Å². The van der Waals surface area contributed by atoms with Crippen molar-refractivity contribution in [2.75, 3.05) is 0 Å². The molecule has 1 aromatic carbocycles. The highest BCUT2D eigenvalue weighted by Gasteiger charge is 2.44. The molecule has 0 radical (unpaired) electrons. The number of carbonyl (C=O) groups is 2. The van der Waals surface area contributed by atoms with Gasteiger partial charge in [-0.05, 0) is 30.5 Å². The Morgan fingerprint density at radius 1 is 1.42 bits per heavy atom. The summed E-state index contributed by atoms with van der Waals surface area (Å²) < 4.78 is 10.5. The van der Waals surface area contributed by atoms with Gasteiger partial charge in [-0.15, -0.1) is 6.42 Å². The van der Waals surface area contributed by atoms with Crippen molar-refractivity contribution in [3.05, 3.63) is 58.4 Å². The molecule has 1 fully saturated rings. The van der Waals surface area contributed by atoms with E-state index in [1.165, 1.54) is 6.26 Å². The zero-order valence-electron chi connectivity index (χ0n) is 13.0. The minimum absolute atomic E-state index is 0.0239. The molecule has 1 amide bonds. The quantitative estimate of drug-likeness (QED) is 0.390. The number of esters is 1. The summed E-state index contributed by atoms with van der Waals surface area (Å²) in [5, 5.41) is 2.99. The lowest BCUT2D eigenvalue weighted by Gasteiger charge is -2.11. The minimum atomic E-state index is -0.776. The van der Waals surface area contributed by atoms with Crippen molar-refractivity contribution in [1.29, 1.82) is 0 Å². The van der Waals surface area contributed by atoms with E-state index in [0.29, 0.717) is 17.6 Å². The molecular formula is C19H15NO4. The van der Waals surface area contributed by atoms with E-state index in [1.54, 1.807) is 13.0 Å². The molecular weight excluding hydrogens is 306 g/mol. The van der Waals surface area contributed by atoms with Crippen LogP contribution in [0.1, 0.15) is 29.7 Å². The van der Waals surface area contributed by atoms with Crippen molar-refractivity contribution >= 4 is 11.9 Å².